The lowest BCUT2D eigenvalue weighted by Crippen LogP contribution is -2.25. The Labute approximate surface area is 241 Å². The topological polar surface area (TPSA) is 4.93 Å². The first-order valence-electron chi connectivity index (χ1n) is 15.8. The molecule has 0 aliphatic heterocycles. The van der Waals surface area contributed by atoms with Crippen molar-refractivity contribution in [2.45, 2.75) is 97.9 Å². The molecule has 1 nitrogen and oxygen atoms in total. The van der Waals surface area contributed by atoms with Crippen LogP contribution in [0.1, 0.15) is 94.4 Å². The monoisotopic (exact) mass is 527 g/mol. The molecule has 0 saturated carbocycles. The lowest BCUT2D eigenvalue weighted by Gasteiger charge is -2.33. The lowest BCUT2D eigenvalue weighted by molar-refractivity contribution is 0.405. The molecule has 1 aromatic heterocycles. The van der Waals surface area contributed by atoms with E-state index in [4.69, 9.17) is 0 Å². The quantitative estimate of drug-likeness (QED) is 0.159. The number of fused-ring (bicyclic) bond motifs is 6. The molecular weight excluding hydrogens is 482 g/mol. The summed E-state index contributed by atoms with van der Waals surface area (Å²) in [6, 6.07) is 28.7. The second kappa shape index (κ2) is 10.9. The normalized spacial score (nSPS) is 13.7. The molecule has 0 fully saturated rings. The number of aryl methyl sites for hydroxylation is 3. The third kappa shape index (κ3) is 4.39. The van der Waals surface area contributed by atoms with Crippen LogP contribution in [0, 0.1) is 13.8 Å². The molecule has 0 radical (unpaired) electrons. The highest BCUT2D eigenvalue weighted by Crippen LogP contribution is 2.55. The van der Waals surface area contributed by atoms with E-state index in [9.17, 15) is 0 Å². The standard InChI is InChI=1S/C39H45N/c1-6-9-11-21-39(22-12-10-7-2)35-24-28(5)13-17-31(35)32-18-15-30(26-36(32)39)29-16-20-38-34(25-29)33-23-27(4)14-19-37(33)40(38)8-3/h13-20,23-26H,6-12,21-22H2,1-5H3. The number of benzene rings is 4. The van der Waals surface area contributed by atoms with E-state index in [-0.39, 0.29) is 5.41 Å². The molecule has 0 bridgehead atoms. The van der Waals surface area contributed by atoms with Gasteiger partial charge in [-0.05, 0) is 97.3 Å². The Hall–Kier alpha value is -3.32. The van der Waals surface area contributed by atoms with Crippen LogP contribution >= 0.6 is 0 Å². The summed E-state index contributed by atoms with van der Waals surface area (Å²) in [5, 5.41) is 2.74. The first kappa shape index (κ1) is 26.9. The van der Waals surface area contributed by atoms with Crippen LogP contribution in [0.25, 0.3) is 44.1 Å². The number of rotatable bonds is 10. The maximum Gasteiger partial charge on any atom is 0.0491 e. The maximum atomic E-state index is 2.58. The first-order chi connectivity index (χ1) is 19.5. The van der Waals surface area contributed by atoms with E-state index in [0.29, 0.717) is 0 Å². The van der Waals surface area contributed by atoms with Crippen LogP contribution < -0.4 is 0 Å². The highest BCUT2D eigenvalue weighted by atomic mass is 15.0. The van der Waals surface area contributed by atoms with Crippen LogP contribution in [0.15, 0.2) is 72.8 Å². The van der Waals surface area contributed by atoms with Gasteiger partial charge in [0.25, 0.3) is 0 Å². The van der Waals surface area contributed by atoms with E-state index in [0.717, 1.165) is 6.54 Å². The number of aromatic nitrogens is 1. The van der Waals surface area contributed by atoms with Crippen LogP contribution in [0.5, 0.6) is 0 Å². The fourth-order valence-corrected chi connectivity index (χ4v) is 7.54. The molecule has 4 aromatic carbocycles. The summed E-state index contributed by atoms with van der Waals surface area (Å²) in [7, 11) is 0. The number of nitrogens with zero attached hydrogens (tertiary/aromatic N) is 1. The Morgan fingerprint density at radius 1 is 0.550 bits per heavy atom. The summed E-state index contributed by atoms with van der Waals surface area (Å²) < 4.78 is 2.46. The fraction of sp³-hybridized carbons (Fsp3) is 0.385. The predicted molar refractivity (Wildman–Crippen MR) is 175 cm³/mol. The van der Waals surface area contributed by atoms with Crippen molar-refractivity contribution >= 4 is 21.8 Å². The predicted octanol–water partition coefficient (Wildman–Crippen LogP) is 11.5. The van der Waals surface area contributed by atoms with Gasteiger partial charge in [0.15, 0.2) is 0 Å². The first-order valence-corrected chi connectivity index (χ1v) is 15.8. The Bertz CT molecular complexity index is 1670. The summed E-state index contributed by atoms with van der Waals surface area (Å²) in [6.45, 7) is 12.4. The Morgan fingerprint density at radius 3 is 1.75 bits per heavy atom. The largest absolute Gasteiger partial charge is 0.341 e. The van der Waals surface area contributed by atoms with E-state index in [1.807, 2.05) is 0 Å². The van der Waals surface area contributed by atoms with Crippen molar-refractivity contribution in [3.05, 3.63) is 95.1 Å². The molecule has 6 rings (SSSR count). The van der Waals surface area contributed by atoms with Crippen LogP contribution in [0.4, 0.5) is 0 Å². The average Bonchev–Trinajstić information content (AvgIpc) is 3.41. The molecule has 0 N–H and O–H groups in total. The van der Waals surface area contributed by atoms with Gasteiger partial charge in [0.2, 0.25) is 0 Å². The zero-order valence-corrected chi connectivity index (χ0v) is 25.2. The lowest BCUT2D eigenvalue weighted by atomic mass is 9.70. The minimum atomic E-state index is 0.122. The highest BCUT2D eigenvalue weighted by molar-refractivity contribution is 6.09. The molecule has 40 heavy (non-hydrogen) atoms. The molecule has 1 heterocycles. The molecule has 0 amide bonds. The van der Waals surface area contributed by atoms with Crippen LogP contribution in [0.3, 0.4) is 0 Å². The molecular formula is C39H45N. The van der Waals surface area contributed by atoms with Crippen molar-refractivity contribution in [2.75, 3.05) is 0 Å². The summed E-state index contributed by atoms with van der Waals surface area (Å²) in [5.41, 5.74) is 14.3. The molecule has 206 valence electrons. The van der Waals surface area contributed by atoms with Crippen molar-refractivity contribution in [3.63, 3.8) is 0 Å². The third-order valence-electron chi connectivity index (χ3n) is 9.60. The molecule has 5 aromatic rings. The third-order valence-corrected chi connectivity index (χ3v) is 9.60. The maximum absolute atomic E-state index is 2.58. The SMILES string of the molecule is CCCCCC1(CCCCC)c2cc(C)ccc2-c2ccc(-c3ccc4c(c3)c3cc(C)ccc3n4CC)cc21. The zero-order valence-electron chi connectivity index (χ0n) is 25.2. The average molecular weight is 528 g/mol. The van der Waals surface area contributed by atoms with Crippen LogP contribution in [-0.4, -0.2) is 4.57 Å². The molecule has 0 atom stereocenters. The smallest absolute Gasteiger partial charge is 0.0491 e. The number of hydrogen-bond acceptors (Lipinski definition) is 0. The van der Waals surface area contributed by atoms with Gasteiger partial charge >= 0.3 is 0 Å². The minimum Gasteiger partial charge on any atom is -0.341 e. The summed E-state index contributed by atoms with van der Waals surface area (Å²) in [5.74, 6) is 0. The minimum absolute atomic E-state index is 0.122. The van der Waals surface area contributed by atoms with E-state index < -0.39 is 0 Å². The van der Waals surface area contributed by atoms with E-state index in [1.165, 1.54) is 107 Å². The van der Waals surface area contributed by atoms with Gasteiger partial charge in [-0.2, -0.15) is 0 Å². The molecule has 0 unspecified atom stereocenters. The van der Waals surface area contributed by atoms with Gasteiger partial charge in [-0.3, -0.25) is 0 Å². The highest BCUT2D eigenvalue weighted by Gasteiger charge is 2.42. The summed E-state index contributed by atoms with van der Waals surface area (Å²) in [6.07, 6.45) is 10.2. The fourth-order valence-electron chi connectivity index (χ4n) is 7.54. The Balaban J connectivity index is 1.52. The molecule has 1 aliphatic rings. The number of hydrogen-bond donors (Lipinski definition) is 0. The van der Waals surface area contributed by atoms with Crippen LogP contribution in [0.2, 0.25) is 0 Å². The molecule has 1 aliphatic carbocycles. The van der Waals surface area contributed by atoms with Crippen molar-refractivity contribution in [1.29, 1.82) is 0 Å². The van der Waals surface area contributed by atoms with Gasteiger partial charge in [0, 0.05) is 33.8 Å². The van der Waals surface area contributed by atoms with E-state index in [2.05, 4.69) is 112 Å². The van der Waals surface area contributed by atoms with E-state index >= 15 is 0 Å². The van der Waals surface area contributed by atoms with Crippen molar-refractivity contribution in [3.8, 4) is 22.3 Å². The van der Waals surface area contributed by atoms with Crippen LogP contribution in [-0.2, 0) is 12.0 Å². The molecule has 0 spiro atoms. The summed E-state index contributed by atoms with van der Waals surface area (Å²) >= 11 is 0. The molecule has 1 heteroatoms. The Kier molecular flexibility index (Phi) is 7.34. The number of unbranched alkanes of at least 4 members (excludes halogenated alkanes) is 4. The van der Waals surface area contributed by atoms with Crippen molar-refractivity contribution in [2.24, 2.45) is 0 Å². The molecule has 0 saturated heterocycles. The van der Waals surface area contributed by atoms with Gasteiger partial charge in [0.1, 0.15) is 0 Å². The van der Waals surface area contributed by atoms with Gasteiger partial charge in [-0.1, -0.05) is 106 Å². The van der Waals surface area contributed by atoms with Gasteiger partial charge < -0.3 is 4.57 Å². The van der Waals surface area contributed by atoms with Crippen molar-refractivity contribution in [1.82, 2.24) is 4.57 Å². The summed E-state index contributed by atoms with van der Waals surface area (Å²) in [4.78, 5) is 0. The van der Waals surface area contributed by atoms with Gasteiger partial charge in [-0.15, -0.1) is 0 Å². The second-order valence-electron chi connectivity index (χ2n) is 12.3. The van der Waals surface area contributed by atoms with Crippen molar-refractivity contribution < 1.29 is 0 Å². The van der Waals surface area contributed by atoms with Gasteiger partial charge in [0.05, 0.1) is 0 Å². The zero-order chi connectivity index (χ0) is 27.9. The van der Waals surface area contributed by atoms with E-state index in [1.54, 1.807) is 11.1 Å². The Morgan fingerprint density at radius 2 is 1.07 bits per heavy atom. The second-order valence-corrected chi connectivity index (χ2v) is 12.3. The van der Waals surface area contributed by atoms with Gasteiger partial charge in [-0.25, -0.2) is 0 Å².